The number of aliphatic hydroxyl groups is 2. The molecule has 3 heterocycles. The minimum Gasteiger partial charge on any atom is -0.392 e. The van der Waals surface area contributed by atoms with Crippen LogP contribution in [0.25, 0.3) is 21.8 Å². The second kappa shape index (κ2) is 9.39. The van der Waals surface area contributed by atoms with Crippen molar-refractivity contribution < 1.29 is 10.2 Å². The highest BCUT2D eigenvalue weighted by Gasteiger charge is 2.18. The van der Waals surface area contributed by atoms with Crippen molar-refractivity contribution in [1.29, 1.82) is 0 Å². The van der Waals surface area contributed by atoms with Crippen LogP contribution in [0.1, 0.15) is 48.8 Å². The van der Waals surface area contributed by atoms with Crippen molar-refractivity contribution in [1.82, 2.24) is 9.55 Å². The van der Waals surface area contributed by atoms with Crippen LogP contribution in [0.3, 0.4) is 0 Å². The zero-order chi connectivity index (χ0) is 21.9. The fourth-order valence-electron chi connectivity index (χ4n) is 5.24. The lowest BCUT2D eigenvalue weighted by Crippen LogP contribution is -2.30. The molecule has 0 unspecified atom stereocenters. The SMILES string of the molecule is OCc1ccc2[nH]cc(CCCCn3ccc4c(N5CCCCC5)c(CO)ccc43)c2c1. The van der Waals surface area contributed by atoms with Crippen molar-refractivity contribution >= 4 is 27.5 Å². The molecule has 0 atom stereocenters. The molecular formula is C27H33N3O2. The Kier molecular flexibility index (Phi) is 6.19. The normalized spacial score (nSPS) is 14.6. The van der Waals surface area contributed by atoms with Crippen LogP contribution in [0, 0.1) is 0 Å². The molecule has 5 heteroatoms. The van der Waals surface area contributed by atoms with Crippen molar-refractivity contribution in [3.63, 3.8) is 0 Å². The Labute approximate surface area is 189 Å². The highest BCUT2D eigenvalue weighted by molar-refractivity contribution is 5.95. The summed E-state index contributed by atoms with van der Waals surface area (Å²) < 4.78 is 2.36. The number of hydrogen-bond acceptors (Lipinski definition) is 3. The molecule has 1 saturated heterocycles. The fraction of sp³-hybridized carbons (Fsp3) is 0.407. The number of hydrogen-bond donors (Lipinski definition) is 3. The number of piperidine rings is 1. The van der Waals surface area contributed by atoms with Gasteiger partial charge in [-0.25, -0.2) is 0 Å². The molecule has 32 heavy (non-hydrogen) atoms. The summed E-state index contributed by atoms with van der Waals surface area (Å²) in [5, 5.41) is 21.9. The largest absolute Gasteiger partial charge is 0.392 e. The molecule has 2 aromatic carbocycles. The predicted molar refractivity (Wildman–Crippen MR) is 131 cm³/mol. The topological polar surface area (TPSA) is 64.4 Å². The number of benzene rings is 2. The number of rotatable bonds is 8. The van der Waals surface area contributed by atoms with Crippen LogP contribution in [0.4, 0.5) is 5.69 Å². The van der Waals surface area contributed by atoms with Gasteiger partial charge in [0, 0.05) is 53.9 Å². The van der Waals surface area contributed by atoms with Crippen molar-refractivity contribution in [2.75, 3.05) is 18.0 Å². The Bertz CT molecular complexity index is 1200. The fourth-order valence-corrected chi connectivity index (χ4v) is 5.24. The molecule has 0 radical (unpaired) electrons. The molecular weight excluding hydrogens is 398 g/mol. The third-order valence-corrected chi connectivity index (χ3v) is 6.96. The Morgan fingerprint density at radius 3 is 2.53 bits per heavy atom. The highest BCUT2D eigenvalue weighted by Crippen LogP contribution is 2.34. The van der Waals surface area contributed by atoms with Gasteiger partial charge in [0.15, 0.2) is 0 Å². The van der Waals surface area contributed by atoms with Crippen LogP contribution in [0.2, 0.25) is 0 Å². The molecule has 0 amide bonds. The van der Waals surface area contributed by atoms with E-state index in [0.29, 0.717) is 0 Å². The number of aromatic nitrogens is 2. The highest BCUT2D eigenvalue weighted by atomic mass is 16.3. The first-order chi connectivity index (χ1) is 15.8. The first kappa shape index (κ1) is 21.1. The molecule has 5 nitrogen and oxygen atoms in total. The van der Waals surface area contributed by atoms with Crippen molar-refractivity contribution in [3.05, 3.63) is 65.5 Å². The summed E-state index contributed by atoms with van der Waals surface area (Å²) in [6, 6.07) is 12.6. The van der Waals surface area contributed by atoms with Crippen molar-refractivity contribution in [2.45, 2.75) is 58.3 Å². The van der Waals surface area contributed by atoms with Gasteiger partial charge in [0.25, 0.3) is 0 Å². The molecule has 4 aromatic rings. The molecule has 1 aliphatic heterocycles. The molecule has 2 aromatic heterocycles. The number of nitrogens with one attached hydrogen (secondary N) is 1. The van der Waals surface area contributed by atoms with Gasteiger partial charge in [0.05, 0.1) is 24.4 Å². The first-order valence-electron chi connectivity index (χ1n) is 11.9. The van der Waals surface area contributed by atoms with E-state index in [4.69, 9.17) is 0 Å². The minimum atomic E-state index is 0.0820. The second-order valence-electron chi connectivity index (χ2n) is 9.03. The number of aryl methyl sites for hydroxylation is 2. The van der Waals surface area contributed by atoms with E-state index in [-0.39, 0.29) is 13.2 Å². The van der Waals surface area contributed by atoms with Crippen LogP contribution in [-0.4, -0.2) is 32.9 Å². The molecule has 0 saturated carbocycles. The van der Waals surface area contributed by atoms with Gasteiger partial charge in [-0.2, -0.15) is 0 Å². The van der Waals surface area contributed by atoms with E-state index < -0.39 is 0 Å². The molecule has 3 N–H and O–H groups in total. The van der Waals surface area contributed by atoms with E-state index in [1.54, 1.807) is 0 Å². The van der Waals surface area contributed by atoms with E-state index in [1.807, 2.05) is 6.07 Å². The number of H-pyrrole nitrogens is 1. The summed E-state index contributed by atoms with van der Waals surface area (Å²) in [7, 11) is 0. The van der Waals surface area contributed by atoms with Gasteiger partial charge in [-0.05, 0) is 73.9 Å². The van der Waals surface area contributed by atoms with Crippen molar-refractivity contribution in [2.24, 2.45) is 0 Å². The Morgan fingerprint density at radius 2 is 1.72 bits per heavy atom. The number of unbranched alkanes of at least 4 members (excludes halogenated alkanes) is 1. The maximum Gasteiger partial charge on any atom is 0.0702 e. The summed E-state index contributed by atoms with van der Waals surface area (Å²) in [6.45, 7) is 3.33. The van der Waals surface area contributed by atoms with Crippen LogP contribution in [0.5, 0.6) is 0 Å². The lowest BCUT2D eigenvalue weighted by molar-refractivity contribution is 0.282. The first-order valence-corrected chi connectivity index (χ1v) is 11.9. The van der Waals surface area contributed by atoms with E-state index >= 15 is 0 Å². The molecule has 1 fully saturated rings. The summed E-state index contributed by atoms with van der Waals surface area (Å²) in [5.41, 5.74) is 6.97. The number of anilines is 1. The molecule has 168 valence electrons. The van der Waals surface area contributed by atoms with Gasteiger partial charge >= 0.3 is 0 Å². The number of fused-ring (bicyclic) bond motifs is 2. The van der Waals surface area contributed by atoms with Crippen LogP contribution in [-0.2, 0) is 26.2 Å². The van der Waals surface area contributed by atoms with Gasteiger partial charge < -0.3 is 24.7 Å². The van der Waals surface area contributed by atoms with Gasteiger partial charge in [-0.15, -0.1) is 0 Å². The molecule has 5 rings (SSSR count). The Balaban J connectivity index is 1.29. The number of nitrogens with zero attached hydrogens (tertiary/aromatic N) is 2. The molecule has 0 bridgehead atoms. The lowest BCUT2D eigenvalue weighted by Gasteiger charge is -2.31. The van der Waals surface area contributed by atoms with E-state index in [0.717, 1.165) is 55.5 Å². The van der Waals surface area contributed by atoms with E-state index in [2.05, 4.69) is 57.2 Å². The summed E-state index contributed by atoms with van der Waals surface area (Å²) in [6.07, 6.45) is 11.3. The summed E-state index contributed by atoms with van der Waals surface area (Å²) in [4.78, 5) is 5.83. The number of aromatic amines is 1. The third-order valence-electron chi connectivity index (χ3n) is 6.96. The van der Waals surface area contributed by atoms with E-state index in [1.165, 1.54) is 46.8 Å². The molecule has 1 aliphatic rings. The Hall–Kier alpha value is -2.76. The average molecular weight is 432 g/mol. The van der Waals surface area contributed by atoms with Gasteiger partial charge in [0.1, 0.15) is 0 Å². The van der Waals surface area contributed by atoms with Crippen LogP contribution >= 0.6 is 0 Å². The average Bonchev–Trinajstić information content (AvgIpc) is 3.45. The zero-order valence-corrected chi connectivity index (χ0v) is 18.7. The van der Waals surface area contributed by atoms with Gasteiger partial charge in [-0.1, -0.05) is 12.1 Å². The van der Waals surface area contributed by atoms with Crippen LogP contribution < -0.4 is 4.90 Å². The minimum absolute atomic E-state index is 0.0820. The zero-order valence-electron chi connectivity index (χ0n) is 18.7. The van der Waals surface area contributed by atoms with Crippen LogP contribution in [0.15, 0.2) is 48.8 Å². The van der Waals surface area contributed by atoms with Crippen molar-refractivity contribution in [3.8, 4) is 0 Å². The summed E-state index contributed by atoms with van der Waals surface area (Å²) >= 11 is 0. The molecule has 0 spiro atoms. The Morgan fingerprint density at radius 1 is 0.844 bits per heavy atom. The maximum absolute atomic E-state index is 9.94. The predicted octanol–water partition coefficient (Wildman–Crippen LogP) is 5.12. The number of aliphatic hydroxyl groups excluding tert-OH is 2. The molecule has 0 aliphatic carbocycles. The van der Waals surface area contributed by atoms with Gasteiger partial charge in [-0.3, -0.25) is 0 Å². The second-order valence-corrected chi connectivity index (χ2v) is 9.03. The monoisotopic (exact) mass is 431 g/mol. The smallest absolute Gasteiger partial charge is 0.0702 e. The maximum atomic E-state index is 9.94. The third kappa shape index (κ3) is 4.03. The standard InChI is InChI=1S/C27H33N3O2/c31-18-20-7-9-25-24(16-20)21(17-28-25)6-2-5-12-29-15-11-23-26(29)10-8-22(19-32)27(23)30-13-3-1-4-14-30/h7-11,15-17,28,31-32H,1-6,12-14,18-19H2. The van der Waals surface area contributed by atoms with E-state index in [9.17, 15) is 10.2 Å². The lowest BCUT2D eigenvalue weighted by atomic mass is 10.0. The van der Waals surface area contributed by atoms with Gasteiger partial charge in [0.2, 0.25) is 0 Å². The quantitative estimate of drug-likeness (QED) is 0.339. The summed E-state index contributed by atoms with van der Waals surface area (Å²) in [5.74, 6) is 0.